The first-order valence-electron chi connectivity index (χ1n) is 4.88. The maximum absolute atomic E-state index is 11.3. The van der Waals surface area contributed by atoms with Crippen molar-refractivity contribution in [3.8, 4) is 0 Å². The van der Waals surface area contributed by atoms with Crippen LogP contribution in [-0.4, -0.2) is 27.4 Å². The van der Waals surface area contributed by atoms with Gasteiger partial charge in [-0.15, -0.1) is 0 Å². The second kappa shape index (κ2) is 4.32. The van der Waals surface area contributed by atoms with Crippen molar-refractivity contribution in [3.63, 3.8) is 0 Å². The summed E-state index contributed by atoms with van der Waals surface area (Å²) in [7, 11) is 0. The number of hydrogen-bond acceptors (Lipinski definition) is 4. The van der Waals surface area contributed by atoms with Crippen LogP contribution in [0.15, 0.2) is 23.1 Å². The third-order valence-corrected chi connectivity index (χ3v) is 2.72. The van der Waals surface area contributed by atoms with Gasteiger partial charge in [-0.2, -0.15) is 0 Å². The Bertz CT molecular complexity index is 532. The predicted molar refractivity (Wildman–Crippen MR) is 60.8 cm³/mol. The van der Waals surface area contributed by atoms with Gasteiger partial charge in [0.05, 0.1) is 6.61 Å². The zero-order valence-corrected chi connectivity index (χ0v) is 9.53. The number of rotatable bonds is 2. The molecule has 0 bridgehead atoms. The number of H-pyrrole nitrogens is 1. The Morgan fingerprint density at radius 3 is 3.00 bits per heavy atom. The number of ether oxygens (including phenoxy) is 1. The van der Waals surface area contributed by atoms with Gasteiger partial charge in [0.1, 0.15) is 6.10 Å². The van der Waals surface area contributed by atoms with Gasteiger partial charge in [-0.1, -0.05) is 6.08 Å². The van der Waals surface area contributed by atoms with E-state index < -0.39 is 0 Å². The van der Waals surface area contributed by atoms with Gasteiger partial charge in [0, 0.05) is 11.8 Å². The van der Waals surface area contributed by atoms with E-state index in [1.807, 2.05) is 0 Å². The molecule has 2 N–H and O–H groups in total. The summed E-state index contributed by atoms with van der Waals surface area (Å²) in [6.07, 6.45) is 4.55. The molecule has 16 heavy (non-hydrogen) atoms. The van der Waals surface area contributed by atoms with E-state index in [1.165, 1.54) is 0 Å². The lowest BCUT2D eigenvalue weighted by atomic mass is 10.3. The first-order chi connectivity index (χ1) is 7.61. The topological polar surface area (TPSA) is 67.2 Å². The fourth-order valence-electron chi connectivity index (χ4n) is 1.53. The largest absolute Gasteiger partial charge is 0.393 e. The Kier molecular flexibility index (Phi) is 3.04. The number of aromatic amines is 1. The molecule has 0 spiro atoms. The molecule has 2 atom stereocenters. The van der Waals surface area contributed by atoms with Gasteiger partial charge in [-0.25, -0.2) is 0 Å². The molecule has 0 unspecified atom stereocenters. The average Bonchev–Trinajstić information content (AvgIpc) is 2.71. The fraction of sp³-hybridized carbons (Fsp3) is 0.400. The van der Waals surface area contributed by atoms with Crippen molar-refractivity contribution in [2.45, 2.75) is 19.3 Å². The van der Waals surface area contributed by atoms with Crippen LogP contribution in [0.3, 0.4) is 0 Å². The van der Waals surface area contributed by atoms with Crippen molar-refractivity contribution in [3.05, 3.63) is 39.0 Å². The van der Waals surface area contributed by atoms with Crippen LogP contribution in [0, 0.1) is 11.7 Å². The highest BCUT2D eigenvalue weighted by Crippen LogP contribution is 2.20. The number of nitrogens with zero attached hydrogens (tertiary/aromatic N) is 1. The van der Waals surface area contributed by atoms with E-state index in [9.17, 15) is 4.79 Å². The molecule has 0 saturated heterocycles. The number of hydrogen-bond donors (Lipinski definition) is 2. The van der Waals surface area contributed by atoms with E-state index in [0.717, 1.165) is 0 Å². The molecule has 0 radical (unpaired) electrons. The minimum Gasteiger partial charge on any atom is -0.393 e. The second-order valence-electron chi connectivity index (χ2n) is 3.61. The monoisotopic (exact) mass is 240 g/mol. The van der Waals surface area contributed by atoms with Crippen LogP contribution in [0.4, 0.5) is 0 Å². The molecule has 6 heteroatoms. The SMILES string of the molecule is Cc1cn([C@H]2C=C[C@@H](CO)O2)c(=S)[nH]c1=O. The molecule has 0 fully saturated rings. The third kappa shape index (κ3) is 1.99. The van der Waals surface area contributed by atoms with Gasteiger partial charge < -0.3 is 9.84 Å². The normalized spacial score (nSPS) is 23.9. The molecular formula is C10H12N2O3S. The zero-order valence-electron chi connectivity index (χ0n) is 8.71. The van der Waals surface area contributed by atoms with Gasteiger partial charge in [-0.05, 0) is 25.2 Å². The summed E-state index contributed by atoms with van der Waals surface area (Å²) in [6, 6.07) is 0. The minimum absolute atomic E-state index is 0.0668. The molecule has 0 aliphatic carbocycles. The molecule has 0 aromatic carbocycles. The Morgan fingerprint density at radius 2 is 2.38 bits per heavy atom. The predicted octanol–water partition coefficient (Wildman–Crippen LogP) is 0.660. The van der Waals surface area contributed by atoms with Crippen molar-refractivity contribution in [2.24, 2.45) is 0 Å². The first-order valence-corrected chi connectivity index (χ1v) is 5.29. The number of nitrogens with one attached hydrogen (secondary N) is 1. The van der Waals surface area contributed by atoms with E-state index in [0.29, 0.717) is 10.3 Å². The molecule has 1 aliphatic heterocycles. The lowest BCUT2D eigenvalue weighted by Crippen LogP contribution is -2.20. The number of aliphatic hydroxyl groups excluding tert-OH is 1. The first kappa shape index (κ1) is 11.3. The van der Waals surface area contributed by atoms with Crippen molar-refractivity contribution >= 4 is 12.2 Å². The molecule has 2 heterocycles. The third-order valence-electron chi connectivity index (χ3n) is 2.40. The van der Waals surface area contributed by atoms with Crippen LogP contribution in [-0.2, 0) is 4.74 Å². The van der Waals surface area contributed by atoms with Gasteiger partial charge in [0.25, 0.3) is 5.56 Å². The second-order valence-corrected chi connectivity index (χ2v) is 4.00. The summed E-state index contributed by atoms with van der Waals surface area (Å²) in [6.45, 7) is 1.63. The lowest BCUT2D eigenvalue weighted by molar-refractivity contribution is -0.00949. The molecule has 2 rings (SSSR count). The summed E-state index contributed by atoms with van der Waals surface area (Å²) in [5, 5.41) is 8.93. The molecule has 86 valence electrons. The summed E-state index contributed by atoms with van der Waals surface area (Å²) >= 11 is 5.04. The van der Waals surface area contributed by atoms with Gasteiger partial charge in [-0.3, -0.25) is 14.3 Å². The van der Waals surface area contributed by atoms with Crippen LogP contribution in [0.1, 0.15) is 11.8 Å². The van der Waals surface area contributed by atoms with Crippen LogP contribution in [0.25, 0.3) is 0 Å². The van der Waals surface area contributed by atoms with E-state index in [4.69, 9.17) is 22.1 Å². The van der Waals surface area contributed by atoms with Gasteiger partial charge >= 0.3 is 0 Å². The number of aryl methyl sites for hydroxylation is 1. The van der Waals surface area contributed by atoms with Gasteiger partial charge in [0.2, 0.25) is 0 Å². The molecule has 1 aliphatic rings. The minimum atomic E-state index is -0.361. The summed E-state index contributed by atoms with van der Waals surface area (Å²) in [5.74, 6) is 0. The summed E-state index contributed by atoms with van der Waals surface area (Å²) in [4.78, 5) is 13.9. The maximum atomic E-state index is 11.3. The van der Waals surface area contributed by atoms with Crippen molar-refractivity contribution < 1.29 is 9.84 Å². The highest BCUT2D eigenvalue weighted by molar-refractivity contribution is 7.71. The van der Waals surface area contributed by atoms with Crippen LogP contribution in [0.2, 0.25) is 0 Å². The van der Waals surface area contributed by atoms with Crippen LogP contribution in [0.5, 0.6) is 0 Å². The van der Waals surface area contributed by atoms with Crippen molar-refractivity contribution in [1.82, 2.24) is 9.55 Å². The maximum Gasteiger partial charge on any atom is 0.254 e. The number of aliphatic hydroxyl groups is 1. The highest BCUT2D eigenvalue weighted by Gasteiger charge is 2.20. The summed E-state index contributed by atoms with van der Waals surface area (Å²) in [5.41, 5.74) is 0.375. The molecule has 1 aromatic heterocycles. The highest BCUT2D eigenvalue weighted by atomic mass is 32.1. The smallest absolute Gasteiger partial charge is 0.254 e. The molecular weight excluding hydrogens is 228 g/mol. The van der Waals surface area contributed by atoms with Gasteiger partial charge in [0.15, 0.2) is 11.0 Å². The molecule has 1 aromatic rings. The molecule has 5 nitrogen and oxygen atoms in total. The van der Waals surface area contributed by atoms with E-state index in [-0.39, 0.29) is 24.5 Å². The van der Waals surface area contributed by atoms with E-state index in [2.05, 4.69) is 4.98 Å². The Labute approximate surface area is 97.0 Å². The van der Waals surface area contributed by atoms with E-state index in [1.54, 1.807) is 29.8 Å². The Balaban J connectivity index is 2.36. The van der Waals surface area contributed by atoms with E-state index >= 15 is 0 Å². The Morgan fingerprint density at radius 1 is 1.62 bits per heavy atom. The Hall–Kier alpha value is -1.24. The molecule has 0 saturated carbocycles. The fourth-order valence-corrected chi connectivity index (χ4v) is 1.78. The van der Waals surface area contributed by atoms with Crippen molar-refractivity contribution in [1.29, 1.82) is 0 Å². The summed E-state index contributed by atoms with van der Waals surface area (Å²) < 4.78 is 7.45. The zero-order chi connectivity index (χ0) is 11.7. The lowest BCUT2D eigenvalue weighted by Gasteiger charge is -2.16. The standard InChI is InChI=1S/C10H12N2O3S/c1-6-4-12(10(16)11-9(6)14)8-3-2-7(5-13)15-8/h2-4,7-8,13H,5H2,1H3,(H,11,14,16)/t7-,8+/m0/s1. The van der Waals surface area contributed by atoms with Crippen molar-refractivity contribution in [2.75, 3.05) is 6.61 Å². The van der Waals surface area contributed by atoms with Crippen LogP contribution >= 0.6 is 12.2 Å². The quantitative estimate of drug-likeness (QED) is 0.588. The molecule has 0 amide bonds. The number of aromatic nitrogens is 2. The average molecular weight is 240 g/mol. The van der Waals surface area contributed by atoms with Crippen LogP contribution < -0.4 is 5.56 Å².